The van der Waals surface area contributed by atoms with Crippen LogP contribution in [-0.4, -0.2) is 22.7 Å². The van der Waals surface area contributed by atoms with Crippen molar-refractivity contribution in [2.45, 2.75) is 20.8 Å². The maximum absolute atomic E-state index is 12.0. The molecule has 6 heteroatoms. The monoisotopic (exact) mass is 361 g/mol. The number of fused-ring (bicyclic) bond motifs is 1. The average molecular weight is 361 g/mol. The number of benzene rings is 2. The Balaban J connectivity index is 2.15. The number of carbonyl (C=O) groups excluding carboxylic acids is 3. The molecule has 0 radical (unpaired) electrons. The number of amides is 3. The summed E-state index contributed by atoms with van der Waals surface area (Å²) in [5, 5.41) is 3.45. The Bertz CT molecular complexity index is 1050. The van der Waals surface area contributed by atoms with Crippen LogP contribution in [-0.2, 0) is 14.4 Å². The van der Waals surface area contributed by atoms with E-state index in [1.807, 2.05) is 30.3 Å². The zero-order valence-corrected chi connectivity index (χ0v) is 15.3. The minimum Gasteiger partial charge on any atom is -0.326 e. The molecular weight excluding hydrogens is 342 g/mol. The molecule has 0 saturated heterocycles. The van der Waals surface area contributed by atoms with Gasteiger partial charge in [-0.05, 0) is 35.9 Å². The van der Waals surface area contributed by atoms with E-state index in [0.717, 1.165) is 16.0 Å². The number of anilines is 2. The van der Waals surface area contributed by atoms with Gasteiger partial charge in [0.2, 0.25) is 17.7 Å². The second-order valence-electron chi connectivity index (χ2n) is 6.20. The largest absolute Gasteiger partial charge is 0.326 e. The van der Waals surface area contributed by atoms with Crippen molar-refractivity contribution in [3.63, 3.8) is 0 Å². The van der Waals surface area contributed by atoms with Gasteiger partial charge in [-0.1, -0.05) is 18.2 Å². The number of nitrogens with one attached hydrogen (secondary N) is 1. The number of rotatable bonds is 3. The Morgan fingerprint density at radius 3 is 2.26 bits per heavy atom. The van der Waals surface area contributed by atoms with Crippen LogP contribution in [0, 0.1) is 0 Å². The van der Waals surface area contributed by atoms with E-state index in [-0.39, 0.29) is 17.7 Å². The second kappa shape index (κ2) is 7.37. The van der Waals surface area contributed by atoms with Gasteiger partial charge in [-0.2, -0.15) is 0 Å². The smallest absolute Gasteiger partial charge is 0.230 e. The van der Waals surface area contributed by atoms with Gasteiger partial charge in [-0.3, -0.25) is 24.3 Å². The molecule has 1 aromatic heterocycles. The van der Waals surface area contributed by atoms with E-state index in [1.165, 1.54) is 20.8 Å². The number of imide groups is 1. The molecule has 0 fully saturated rings. The molecule has 1 N–H and O–H groups in total. The maximum atomic E-state index is 12.0. The molecule has 136 valence electrons. The summed E-state index contributed by atoms with van der Waals surface area (Å²) in [5.74, 6) is -0.856. The van der Waals surface area contributed by atoms with Gasteiger partial charge in [-0.15, -0.1) is 0 Å². The van der Waals surface area contributed by atoms with Crippen molar-refractivity contribution >= 4 is 40.0 Å². The van der Waals surface area contributed by atoms with E-state index in [4.69, 9.17) is 0 Å². The minimum absolute atomic E-state index is 0.148. The van der Waals surface area contributed by atoms with Crippen molar-refractivity contribution in [3.8, 4) is 11.1 Å². The summed E-state index contributed by atoms with van der Waals surface area (Å²) >= 11 is 0. The van der Waals surface area contributed by atoms with Crippen LogP contribution in [0.2, 0.25) is 0 Å². The van der Waals surface area contributed by atoms with Crippen LogP contribution in [0.3, 0.4) is 0 Å². The fourth-order valence-electron chi connectivity index (χ4n) is 3.03. The molecule has 0 unspecified atom stereocenters. The zero-order chi connectivity index (χ0) is 19.6. The second-order valence-corrected chi connectivity index (χ2v) is 6.20. The number of pyridine rings is 1. The Morgan fingerprint density at radius 2 is 1.59 bits per heavy atom. The molecule has 0 spiro atoms. The lowest BCUT2D eigenvalue weighted by Gasteiger charge is -2.19. The van der Waals surface area contributed by atoms with Crippen LogP contribution < -0.4 is 10.2 Å². The van der Waals surface area contributed by atoms with Gasteiger partial charge in [0.1, 0.15) is 0 Å². The van der Waals surface area contributed by atoms with E-state index in [2.05, 4.69) is 10.3 Å². The highest BCUT2D eigenvalue weighted by Gasteiger charge is 2.19. The molecule has 0 aliphatic carbocycles. The van der Waals surface area contributed by atoms with Crippen molar-refractivity contribution in [2.75, 3.05) is 10.2 Å². The highest BCUT2D eigenvalue weighted by molar-refractivity contribution is 6.17. The molecule has 0 atom stereocenters. The quantitative estimate of drug-likeness (QED) is 0.770. The standard InChI is InChI=1S/C21H19N3O3/c1-13(25)23-18-7-4-6-16(10-18)17-11-19-20(22-12-17)8-5-9-21(19)24(14(2)26)15(3)27/h4-12H,1-3H3,(H,23,25). The summed E-state index contributed by atoms with van der Waals surface area (Å²) in [6, 6.07) is 14.6. The van der Waals surface area contributed by atoms with Gasteiger partial charge < -0.3 is 5.32 Å². The van der Waals surface area contributed by atoms with E-state index in [1.54, 1.807) is 24.4 Å². The Hall–Kier alpha value is -3.54. The first-order chi connectivity index (χ1) is 12.9. The van der Waals surface area contributed by atoms with Crippen LogP contribution in [0.1, 0.15) is 20.8 Å². The average Bonchev–Trinajstić information content (AvgIpc) is 2.61. The third-order valence-corrected chi connectivity index (χ3v) is 4.09. The number of hydrogen-bond donors (Lipinski definition) is 1. The van der Waals surface area contributed by atoms with Gasteiger partial charge in [0.25, 0.3) is 0 Å². The van der Waals surface area contributed by atoms with Crippen LogP contribution >= 0.6 is 0 Å². The van der Waals surface area contributed by atoms with Crippen LogP contribution in [0.5, 0.6) is 0 Å². The topological polar surface area (TPSA) is 79.4 Å². The van der Waals surface area contributed by atoms with E-state index in [0.29, 0.717) is 22.3 Å². The lowest BCUT2D eigenvalue weighted by molar-refractivity contribution is -0.124. The first kappa shape index (κ1) is 18.3. The van der Waals surface area contributed by atoms with Crippen LogP contribution in [0.15, 0.2) is 54.7 Å². The Kier molecular flexibility index (Phi) is 4.98. The summed E-state index contributed by atoms with van der Waals surface area (Å²) in [6.07, 6.45) is 1.73. The highest BCUT2D eigenvalue weighted by atomic mass is 16.2. The van der Waals surface area contributed by atoms with Crippen molar-refractivity contribution in [2.24, 2.45) is 0 Å². The van der Waals surface area contributed by atoms with Crippen molar-refractivity contribution in [1.29, 1.82) is 0 Å². The van der Waals surface area contributed by atoms with Crippen molar-refractivity contribution < 1.29 is 14.4 Å². The first-order valence-corrected chi connectivity index (χ1v) is 8.45. The fourth-order valence-corrected chi connectivity index (χ4v) is 3.03. The third kappa shape index (κ3) is 3.84. The van der Waals surface area contributed by atoms with Gasteiger partial charge in [0.05, 0.1) is 11.2 Å². The lowest BCUT2D eigenvalue weighted by atomic mass is 10.0. The fraction of sp³-hybridized carbons (Fsp3) is 0.143. The maximum Gasteiger partial charge on any atom is 0.230 e. The Morgan fingerprint density at radius 1 is 0.889 bits per heavy atom. The number of carbonyl (C=O) groups is 3. The molecule has 0 saturated carbocycles. The van der Waals surface area contributed by atoms with Crippen molar-refractivity contribution in [3.05, 3.63) is 54.7 Å². The van der Waals surface area contributed by atoms with E-state index >= 15 is 0 Å². The predicted molar refractivity (Wildman–Crippen MR) is 105 cm³/mol. The van der Waals surface area contributed by atoms with Gasteiger partial charge in [0.15, 0.2) is 0 Å². The van der Waals surface area contributed by atoms with Gasteiger partial charge >= 0.3 is 0 Å². The normalized spacial score (nSPS) is 10.5. The molecule has 6 nitrogen and oxygen atoms in total. The summed E-state index contributed by atoms with van der Waals surface area (Å²) in [6.45, 7) is 4.16. The number of hydrogen-bond acceptors (Lipinski definition) is 4. The molecule has 2 aromatic carbocycles. The molecule has 0 aliphatic rings. The van der Waals surface area contributed by atoms with Crippen molar-refractivity contribution in [1.82, 2.24) is 4.98 Å². The first-order valence-electron chi connectivity index (χ1n) is 8.45. The third-order valence-electron chi connectivity index (χ3n) is 4.09. The predicted octanol–water partition coefficient (Wildman–Crippen LogP) is 3.76. The molecular formula is C21H19N3O3. The van der Waals surface area contributed by atoms with Gasteiger partial charge in [-0.25, -0.2) is 0 Å². The minimum atomic E-state index is -0.354. The summed E-state index contributed by atoms with van der Waals surface area (Å²) in [7, 11) is 0. The molecule has 3 rings (SSSR count). The molecule has 3 amide bonds. The zero-order valence-electron chi connectivity index (χ0n) is 15.3. The molecule has 0 bridgehead atoms. The molecule has 27 heavy (non-hydrogen) atoms. The lowest BCUT2D eigenvalue weighted by Crippen LogP contribution is -2.33. The van der Waals surface area contributed by atoms with Crippen LogP contribution in [0.4, 0.5) is 11.4 Å². The van der Waals surface area contributed by atoms with E-state index < -0.39 is 0 Å². The summed E-state index contributed by atoms with van der Waals surface area (Å²) < 4.78 is 0. The summed E-state index contributed by atoms with van der Waals surface area (Å²) in [4.78, 5) is 40.9. The highest BCUT2D eigenvalue weighted by Crippen LogP contribution is 2.31. The molecule has 3 aromatic rings. The molecule has 0 aliphatic heterocycles. The number of nitrogens with zero attached hydrogens (tertiary/aromatic N) is 2. The van der Waals surface area contributed by atoms with E-state index in [9.17, 15) is 14.4 Å². The van der Waals surface area contributed by atoms with Crippen LogP contribution in [0.25, 0.3) is 22.0 Å². The molecule has 1 heterocycles. The number of aromatic nitrogens is 1. The Labute approximate surface area is 156 Å². The SMILES string of the molecule is CC(=O)Nc1cccc(-c2cnc3cccc(N(C(C)=O)C(C)=O)c3c2)c1. The summed E-state index contributed by atoms with van der Waals surface area (Å²) in [5.41, 5.74) is 3.54. The van der Waals surface area contributed by atoms with Gasteiger partial charge in [0, 0.05) is 43.6 Å².